The largest absolute Gasteiger partial charge is 0.161 e. The van der Waals surface area contributed by atoms with Crippen LogP contribution in [0.3, 0.4) is 0 Å². The van der Waals surface area contributed by atoms with E-state index in [1.54, 1.807) is 0 Å². The third kappa shape index (κ3) is 2.15. The first kappa shape index (κ1) is 7.93. The molecule has 2 heteroatoms. The molecule has 1 saturated heterocycles. The van der Waals surface area contributed by atoms with Crippen molar-refractivity contribution in [3.05, 3.63) is 0 Å². The highest BCUT2D eigenvalue weighted by Gasteiger charge is 2.23. The van der Waals surface area contributed by atoms with Crippen LogP contribution < -0.4 is 0 Å². The Hall–Kier alpha value is 0.830. The van der Waals surface area contributed by atoms with Crippen molar-refractivity contribution in [2.24, 2.45) is 5.92 Å². The van der Waals surface area contributed by atoms with Gasteiger partial charge in [-0.25, -0.2) is 0 Å². The lowest BCUT2D eigenvalue weighted by molar-refractivity contribution is 0.554. The molecule has 0 spiro atoms. The standard InChI is InChI=1S/C7H13BrS/c1-2-3-6-4-9-5-7(6)8/h6-7H,2-5H2,1H3. The molecule has 0 aromatic rings. The van der Waals surface area contributed by atoms with Crippen LogP contribution in [0.25, 0.3) is 0 Å². The number of hydrogen-bond acceptors (Lipinski definition) is 1. The van der Waals surface area contributed by atoms with Gasteiger partial charge < -0.3 is 0 Å². The minimum absolute atomic E-state index is 0.808. The van der Waals surface area contributed by atoms with Gasteiger partial charge in [-0.15, -0.1) is 0 Å². The van der Waals surface area contributed by atoms with Gasteiger partial charge in [-0.1, -0.05) is 29.3 Å². The van der Waals surface area contributed by atoms with Crippen LogP contribution in [-0.4, -0.2) is 16.3 Å². The molecule has 0 bridgehead atoms. The van der Waals surface area contributed by atoms with Crippen molar-refractivity contribution in [3.63, 3.8) is 0 Å². The Morgan fingerprint density at radius 2 is 2.33 bits per heavy atom. The van der Waals surface area contributed by atoms with Crippen LogP contribution in [0.5, 0.6) is 0 Å². The van der Waals surface area contributed by atoms with Gasteiger partial charge in [0, 0.05) is 10.6 Å². The molecule has 1 aliphatic rings. The molecule has 0 aliphatic carbocycles. The van der Waals surface area contributed by atoms with Gasteiger partial charge in [0.15, 0.2) is 0 Å². The van der Waals surface area contributed by atoms with Crippen molar-refractivity contribution in [1.82, 2.24) is 0 Å². The summed E-state index contributed by atoms with van der Waals surface area (Å²) < 4.78 is 0. The number of rotatable bonds is 2. The van der Waals surface area contributed by atoms with Crippen LogP contribution in [0.15, 0.2) is 0 Å². The zero-order valence-electron chi connectivity index (χ0n) is 5.77. The summed E-state index contributed by atoms with van der Waals surface area (Å²) in [5.41, 5.74) is 0. The maximum absolute atomic E-state index is 3.68. The molecule has 0 N–H and O–H groups in total. The molecule has 1 rings (SSSR count). The van der Waals surface area contributed by atoms with E-state index in [1.165, 1.54) is 24.3 Å². The van der Waals surface area contributed by atoms with Gasteiger partial charge in [0.1, 0.15) is 0 Å². The minimum Gasteiger partial charge on any atom is -0.161 e. The molecule has 2 unspecified atom stereocenters. The second-order valence-corrected chi connectivity index (χ2v) is 4.85. The average molecular weight is 209 g/mol. The molecule has 1 fully saturated rings. The van der Waals surface area contributed by atoms with Crippen molar-refractivity contribution < 1.29 is 0 Å². The van der Waals surface area contributed by atoms with E-state index in [9.17, 15) is 0 Å². The van der Waals surface area contributed by atoms with Gasteiger partial charge in [0.05, 0.1) is 0 Å². The van der Waals surface area contributed by atoms with E-state index in [2.05, 4.69) is 34.6 Å². The molecule has 0 saturated carbocycles. The Morgan fingerprint density at radius 3 is 2.78 bits per heavy atom. The maximum Gasteiger partial charge on any atom is 0.0272 e. The van der Waals surface area contributed by atoms with Crippen LogP contribution in [0.2, 0.25) is 0 Å². The quantitative estimate of drug-likeness (QED) is 0.630. The van der Waals surface area contributed by atoms with Gasteiger partial charge in [-0.05, 0) is 18.1 Å². The highest BCUT2D eigenvalue weighted by molar-refractivity contribution is 9.09. The molecule has 1 aliphatic heterocycles. The second-order valence-electron chi connectivity index (χ2n) is 2.60. The second kappa shape index (κ2) is 3.87. The zero-order valence-corrected chi connectivity index (χ0v) is 8.17. The van der Waals surface area contributed by atoms with E-state index >= 15 is 0 Å². The fourth-order valence-electron chi connectivity index (χ4n) is 1.21. The van der Waals surface area contributed by atoms with Crippen LogP contribution in [0.4, 0.5) is 0 Å². The van der Waals surface area contributed by atoms with Crippen molar-refractivity contribution in [2.45, 2.75) is 24.6 Å². The Bertz CT molecular complexity index is 85.0. The van der Waals surface area contributed by atoms with Crippen LogP contribution >= 0.6 is 27.7 Å². The minimum atomic E-state index is 0.808. The zero-order chi connectivity index (χ0) is 6.69. The summed E-state index contributed by atoms with van der Waals surface area (Å²) in [5.74, 6) is 3.66. The third-order valence-electron chi connectivity index (χ3n) is 1.78. The summed E-state index contributed by atoms with van der Waals surface area (Å²) >= 11 is 5.77. The summed E-state index contributed by atoms with van der Waals surface area (Å²) in [5, 5.41) is 0. The predicted octanol–water partition coefficient (Wildman–Crippen LogP) is 2.91. The molecule has 0 radical (unpaired) electrons. The van der Waals surface area contributed by atoms with E-state index in [1.807, 2.05) is 0 Å². The average Bonchev–Trinajstić information content (AvgIpc) is 2.18. The summed E-state index contributed by atoms with van der Waals surface area (Å²) in [6, 6.07) is 0. The lowest BCUT2D eigenvalue weighted by atomic mass is 10.0. The maximum atomic E-state index is 3.68. The molecule has 54 valence electrons. The Labute approximate surface area is 69.9 Å². The topological polar surface area (TPSA) is 0 Å². The summed E-state index contributed by atoms with van der Waals surface area (Å²) in [6.45, 7) is 2.27. The molecule has 1 heterocycles. The van der Waals surface area contributed by atoms with Crippen LogP contribution in [0, 0.1) is 5.92 Å². The third-order valence-corrected chi connectivity index (χ3v) is 4.54. The predicted molar refractivity (Wildman–Crippen MR) is 48.4 cm³/mol. The highest BCUT2D eigenvalue weighted by atomic mass is 79.9. The first-order valence-electron chi connectivity index (χ1n) is 3.56. The van der Waals surface area contributed by atoms with Gasteiger partial charge in [-0.2, -0.15) is 11.8 Å². The van der Waals surface area contributed by atoms with E-state index in [4.69, 9.17) is 0 Å². The van der Waals surface area contributed by atoms with Crippen LogP contribution in [0.1, 0.15) is 19.8 Å². The van der Waals surface area contributed by atoms with Crippen molar-refractivity contribution in [3.8, 4) is 0 Å². The number of thioether (sulfide) groups is 1. The number of alkyl halides is 1. The highest BCUT2D eigenvalue weighted by Crippen LogP contribution is 2.32. The molecular weight excluding hydrogens is 196 g/mol. The molecule has 0 amide bonds. The van der Waals surface area contributed by atoms with Gasteiger partial charge in [-0.3, -0.25) is 0 Å². The lowest BCUT2D eigenvalue weighted by Crippen LogP contribution is -2.10. The molecule has 2 atom stereocenters. The first-order valence-corrected chi connectivity index (χ1v) is 5.63. The van der Waals surface area contributed by atoms with E-state index in [0.717, 1.165) is 10.7 Å². The molecule has 9 heavy (non-hydrogen) atoms. The summed E-state index contributed by atoms with van der Waals surface area (Å²) in [4.78, 5) is 0.808. The summed E-state index contributed by atoms with van der Waals surface area (Å²) in [7, 11) is 0. The Balaban J connectivity index is 2.22. The normalized spacial score (nSPS) is 35.3. The SMILES string of the molecule is CCCC1CSCC1Br. The van der Waals surface area contributed by atoms with Crippen LogP contribution in [-0.2, 0) is 0 Å². The molecule has 0 aromatic heterocycles. The molecular formula is C7H13BrS. The first-order chi connectivity index (χ1) is 4.34. The van der Waals surface area contributed by atoms with E-state index in [0.29, 0.717) is 0 Å². The Kier molecular flexibility index (Phi) is 3.41. The van der Waals surface area contributed by atoms with Crippen molar-refractivity contribution in [2.75, 3.05) is 11.5 Å². The summed E-state index contributed by atoms with van der Waals surface area (Å²) in [6.07, 6.45) is 2.75. The van der Waals surface area contributed by atoms with Gasteiger partial charge in [0.25, 0.3) is 0 Å². The van der Waals surface area contributed by atoms with E-state index in [-0.39, 0.29) is 0 Å². The fourth-order valence-corrected chi connectivity index (χ4v) is 3.80. The monoisotopic (exact) mass is 208 g/mol. The molecule has 0 aromatic carbocycles. The molecule has 0 nitrogen and oxygen atoms in total. The fraction of sp³-hybridized carbons (Fsp3) is 1.00. The number of halogens is 1. The van der Waals surface area contributed by atoms with E-state index < -0.39 is 0 Å². The van der Waals surface area contributed by atoms with Crippen molar-refractivity contribution in [1.29, 1.82) is 0 Å². The van der Waals surface area contributed by atoms with Gasteiger partial charge in [0.2, 0.25) is 0 Å². The smallest absolute Gasteiger partial charge is 0.0272 e. The van der Waals surface area contributed by atoms with Gasteiger partial charge >= 0.3 is 0 Å². The lowest BCUT2D eigenvalue weighted by Gasteiger charge is -2.09. The number of hydrogen-bond donors (Lipinski definition) is 0. The Morgan fingerprint density at radius 1 is 1.56 bits per heavy atom. The van der Waals surface area contributed by atoms with Crippen molar-refractivity contribution >= 4 is 27.7 Å².